The summed E-state index contributed by atoms with van der Waals surface area (Å²) in [7, 11) is -3.91. The summed E-state index contributed by atoms with van der Waals surface area (Å²) in [4.78, 5) is 5.06. The number of fused-ring (bicyclic) bond motifs is 3. The van der Waals surface area contributed by atoms with Crippen molar-refractivity contribution >= 4 is 42.1 Å². The Hall–Kier alpha value is -3.54. The van der Waals surface area contributed by atoms with E-state index in [1.54, 1.807) is 0 Å². The van der Waals surface area contributed by atoms with E-state index in [0.29, 0.717) is 5.92 Å². The minimum Gasteiger partial charge on any atom is -0.256 e. The van der Waals surface area contributed by atoms with Gasteiger partial charge >= 0.3 is 0 Å². The van der Waals surface area contributed by atoms with Crippen molar-refractivity contribution in [2.24, 2.45) is 5.92 Å². The van der Waals surface area contributed by atoms with E-state index in [9.17, 15) is 0 Å². The average Bonchev–Trinajstić information content (AvgIpc) is 3.24. The normalized spacial score (nSPS) is 13.8. The van der Waals surface area contributed by atoms with Crippen LogP contribution in [0.15, 0.2) is 115 Å². The lowest BCUT2D eigenvalue weighted by Crippen LogP contribution is -2.72. The van der Waals surface area contributed by atoms with Gasteiger partial charge in [-0.15, -0.1) is 0 Å². The van der Waals surface area contributed by atoms with Crippen LogP contribution < -0.4 is 25.9 Å². The highest BCUT2D eigenvalue weighted by molar-refractivity contribution is 7.22. The number of hydrogen-bond donors (Lipinski definition) is 0. The number of pyridine rings is 1. The first-order valence-corrected chi connectivity index (χ1v) is 19.7. The van der Waals surface area contributed by atoms with Crippen LogP contribution in [0.3, 0.4) is 0 Å². The van der Waals surface area contributed by atoms with Crippen molar-refractivity contribution in [3.8, 4) is 22.4 Å². The number of nitrogens with zero attached hydrogens (tertiary/aromatic N) is 1. The fourth-order valence-corrected chi connectivity index (χ4v) is 13.3. The summed E-state index contributed by atoms with van der Waals surface area (Å²) in [5.74, 6) is 0.616. The van der Waals surface area contributed by atoms with Crippen molar-refractivity contribution in [2.45, 2.75) is 39.9 Å². The largest absolute Gasteiger partial charge is 0.256 e. The third-order valence-electron chi connectivity index (χ3n) is 8.18. The molecule has 1 nitrogen and oxygen atoms in total. The molecule has 39 heavy (non-hydrogen) atoms. The van der Waals surface area contributed by atoms with E-state index in [1.807, 2.05) is 0 Å². The first-order chi connectivity index (χ1) is 18.8. The molecule has 1 aliphatic heterocycles. The fourth-order valence-electron chi connectivity index (χ4n) is 6.55. The van der Waals surface area contributed by atoms with Crippen LogP contribution in [0, 0.1) is 5.92 Å². The van der Waals surface area contributed by atoms with Crippen LogP contribution in [0.1, 0.15) is 19.4 Å². The highest BCUT2D eigenvalue weighted by Crippen LogP contribution is 2.32. The van der Waals surface area contributed by atoms with Crippen LogP contribution in [0.5, 0.6) is 0 Å². The molecule has 0 spiro atoms. The van der Waals surface area contributed by atoms with Gasteiger partial charge < -0.3 is 0 Å². The molecule has 5 aromatic rings. The van der Waals surface area contributed by atoms with Gasteiger partial charge in [0.2, 0.25) is 0 Å². The molecular formula is C36H37NSi2. The second-order valence-electron chi connectivity index (χ2n) is 12.4. The van der Waals surface area contributed by atoms with Crippen LogP contribution in [-0.2, 0) is 6.42 Å². The van der Waals surface area contributed by atoms with Crippen molar-refractivity contribution in [2.75, 3.05) is 0 Å². The Kier molecular flexibility index (Phi) is 6.52. The summed E-state index contributed by atoms with van der Waals surface area (Å²) in [5, 5.41) is 7.33. The lowest BCUT2D eigenvalue weighted by Gasteiger charge is -2.31. The number of aromatic nitrogens is 1. The highest BCUT2D eigenvalue weighted by atomic mass is 28.3. The van der Waals surface area contributed by atoms with Gasteiger partial charge in [0.1, 0.15) is 0 Å². The van der Waals surface area contributed by atoms with Gasteiger partial charge in [-0.25, -0.2) is 0 Å². The second kappa shape index (κ2) is 9.89. The standard InChI is InChI=1S/C36H37NSi2/c1-26(2)22-28-24-33(37-25-36(28)38(3,4)5)27-20-21-35-32(23-27)31-18-12-13-19-34(31)39(35,29-14-8-6-9-15-29)30-16-10-7-11-17-30/h6-21,23-26H,22H2,1-5H3. The Morgan fingerprint density at radius 2 is 1.26 bits per heavy atom. The van der Waals surface area contributed by atoms with Crippen LogP contribution in [-0.4, -0.2) is 21.1 Å². The van der Waals surface area contributed by atoms with E-state index in [-0.39, 0.29) is 0 Å². The fraction of sp³-hybridized carbons (Fsp3) is 0.194. The molecule has 4 aromatic carbocycles. The zero-order chi connectivity index (χ0) is 27.2. The maximum Gasteiger partial charge on any atom is 0.180 e. The van der Waals surface area contributed by atoms with Crippen LogP contribution in [0.2, 0.25) is 19.6 Å². The van der Waals surface area contributed by atoms with Crippen molar-refractivity contribution in [1.82, 2.24) is 4.98 Å². The smallest absolute Gasteiger partial charge is 0.180 e. The molecular weight excluding hydrogens is 503 g/mol. The molecule has 1 aliphatic rings. The van der Waals surface area contributed by atoms with Crippen molar-refractivity contribution in [1.29, 1.82) is 0 Å². The van der Waals surface area contributed by atoms with E-state index in [4.69, 9.17) is 4.98 Å². The Morgan fingerprint density at radius 1 is 0.667 bits per heavy atom. The molecule has 2 heterocycles. The van der Waals surface area contributed by atoms with Crippen molar-refractivity contribution < 1.29 is 0 Å². The van der Waals surface area contributed by atoms with E-state index in [0.717, 1.165) is 12.1 Å². The van der Waals surface area contributed by atoms with Crippen LogP contribution >= 0.6 is 0 Å². The summed E-state index contributed by atoms with van der Waals surface area (Å²) < 4.78 is 0. The molecule has 0 atom stereocenters. The molecule has 0 aliphatic carbocycles. The van der Waals surface area contributed by atoms with Gasteiger partial charge in [0.15, 0.2) is 8.07 Å². The Labute approximate surface area is 235 Å². The summed E-state index contributed by atoms with van der Waals surface area (Å²) in [6.07, 6.45) is 3.29. The molecule has 6 rings (SSSR count). The van der Waals surface area contributed by atoms with Gasteiger partial charge in [0.25, 0.3) is 0 Å². The number of benzene rings is 4. The summed E-state index contributed by atoms with van der Waals surface area (Å²) in [6, 6.07) is 41.1. The molecule has 0 fully saturated rings. The predicted molar refractivity (Wildman–Crippen MR) is 174 cm³/mol. The van der Waals surface area contributed by atoms with Gasteiger partial charge in [-0.2, -0.15) is 0 Å². The summed E-state index contributed by atoms with van der Waals surface area (Å²) in [5.41, 5.74) is 6.51. The maximum atomic E-state index is 5.06. The van der Waals surface area contributed by atoms with E-state index in [2.05, 4.69) is 149 Å². The molecule has 0 amide bonds. The first-order valence-electron chi connectivity index (χ1n) is 14.2. The SMILES string of the molecule is CC(C)Cc1cc(-c2ccc3c(c2)-c2ccccc2[Si]3(c2ccccc2)c2ccccc2)ncc1[Si](C)(C)C. The lowest BCUT2D eigenvalue weighted by atomic mass is 9.99. The zero-order valence-electron chi connectivity index (χ0n) is 23.7. The van der Waals surface area contributed by atoms with Gasteiger partial charge in [0, 0.05) is 11.8 Å². The molecule has 194 valence electrons. The molecule has 0 N–H and O–H groups in total. The summed E-state index contributed by atoms with van der Waals surface area (Å²) >= 11 is 0. The van der Waals surface area contributed by atoms with E-state index >= 15 is 0 Å². The van der Waals surface area contributed by atoms with Gasteiger partial charge in [-0.3, -0.25) is 4.98 Å². The minimum absolute atomic E-state index is 0.616. The molecule has 0 radical (unpaired) electrons. The van der Waals surface area contributed by atoms with E-state index in [1.165, 1.54) is 48.2 Å². The minimum atomic E-state index is -2.43. The molecule has 0 saturated heterocycles. The summed E-state index contributed by atoms with van der Waals surface area (Å²) in [6.45, 7) is 11.9. The second-order valence-corrected chi connectivity index (χ2v) is 21.1. The highest BCUT2D eigenvalue weighted by Gasteiger charge is 2.48. The first kappa shape index (κ1) is 25.7. The molecule has 0 unspecified atom stereocenters. The Bertz CT molecular complexity index is 1590. The van der Waals surface area contributed by atoms with Crippen molar-refractivity contribution in [3.05, 3.63) is 121 Å². The van der Waals surface area contributed by atoms with Crippen LogP contribution in [0.25, 0.3) is 22.4 Å². The maximum absolute atomic E-state index is 5.06. The quantitative estimate of drug-likeness (QED) is 0.242. The lowest BCUT2D eigenvalue weighted by molar-refractivity contribution is 0.649. The van der Waals surface area contributed by atoms with Gasteiger partial charge in [-0.05, 0) is 67.1 Å². The molecule has 0 saturated carbocycles. The average molecular weight is 540 g/mol. The zero-order valence-corrected chi connectivity index (χ0v) is 25.7. The van der Waals surface area contributed by atoms with Gasteiger partial charge in [0.05, 0.1) is 13.8 Å². The van der Waals surface area contributed by atoms with Gasteiger partial charge in [-0.1, -0.05) is 131 Å². The van der Waals surface area contributed by atoms with Crippen molar-refractivity contribution in [3.63, 3.8) is 0 Å². The topological polar surface area (TPSA) is 12.9 Å². The monoisotopic (exact) mass is 539 g/mol. The Balaban J connectivity index is 1.59. The molecule has 0 bridgehead atoms. The van der Waals surface area contributed by atoms with E-state index < -0.39 is 16.1 Å². The molecule has 1 aromatic heterocycles. The third kappa shape index (κ3) is 4.34. The molecule has 3 heteroatoms. The Morgan fingerprint density at radius 3 is 1.87 bits per heavy atom. The number of hydrogen-bond acceptors (Lipinski definition) is 1. The number of rotatable bonds is 6. The third-order valence-corrected chi connectivity index (χ3v) is 15.1. The predicted octanol–water partition coefficient (Wildman–Crippen LogP) is 5.85. The van der Waals surface area contributed by atoms with Crippen LogP contribution in [0.4, 0.5) is 0 Å².